The Hall–Kier alpha value is -3.56. The molecule has 2 aromatic heterocycles. The fourth-order valence-corrected chi connectivity index (χ4v) is 5.57. The molecule has 0 spiro atoms. The number of benzene rings is 2. The number of aromatic nitrogens is 6. The number of anilines is 1. The number of nitrogens with zero attached hydrogens (tertiary/aromatic N) is 7. The van der Waals surface area contributed by atoms with Crippen LogP contribution in [0.4, 0.5) is 18.9 Å². The minimum absolute atomic E-state index is 0.0228. The van der Waals surface area contributed by atoms with Crippen molar-refractivity contribution in [3.63, 3.8) is 0 Å². The number of hydrogen-bond donors (Lipinski definition) is 3. The van der Waals surface area contributed by atoms with Crippen LogP contribution in [0.5, 0.6) is 0 Å². The molecule has 4 atom stereocenters. The number of halogens is 4. The number of rotatable bonds is 6. The van der Waals surface area contributed by atoms with E-state index in [1.165, 1.54) is 17.2 Å². The van der Waals surface area contributed by atoms with Crippen molar-refractivity contribution in [2.24, 2.45) is 0 Å². The van der Waals surface area contributed by atoms with Gasteiger partial charge in [-0.2, -0.15) is 0 Å². The lowest BCUT2D eigenvalue weighted by molar-refractivity contribution is -0.161. The minimum Gasteiger partial charge on any atom is -0.394 e. The molecule has 6 rings (SSSR count). The third-order valence-electron chi connectivity index (χ3n) is 7.41. The van der Waals surface area contributed by atoms with Gasteiger partial charge in [-0.25, -0.2) is 17.9 Å². The first kappa shape index (κ1) is 27.6. The van der Waals surface area contributed by atoms with E-state index in [0.29, 0.717) is 16.5 Å². The molecule has 0 aliphatic carbocycles. The van der Waals surface area contributed by atoms with Gasteiger partial charge in [-0.15, -0.1) is 15.3 Å². The summed E-state index contributed by atoms with van der Waals surface area (Å²) in [7, 11) is 0. The van der Waals surface area contributed by atoms with E-state index in [2.05, 4.69) is 30.7 Å². The Labute approximate surface area is 237 Å². The zero-order valence-electron chi connectivity index (χ0n) is 21.5. The lowest BCUT2D eigenvalue weighted by atomic mass is 9.95. The van der Waals surface area contributed by atoms with Crippen LogP contribution in [0.15, 0.2) is 42.9 Å². The molecule has 2 saturated heterocycles. The highest BCUT2D eigenvalue weighted by Gasteiger charge is 2.41. The first-order valence-corrected chi connectivity index (χ1v) is 13.4. The lowest BCUT2D eigenvalue weighted by Gasteiger charge is -2.38. The van der Waals surface area contributed by atoms with E-state index in [-0.39, 0.29) is 17.7 Å². The molecule has 3 N–H and O–H groups in total. The maximum atomic E-state index is 13.8. The highest BCUT2D eigenvalue weighted by atomic mass is 35.5. The van der Waals surface area contributed by atoms with Crippen molar-refractivity contribution in [1.29, 1.82) is 0 Å². The summed E-state index contributed by atoms with van der Waals surface area (Å²) < 4.78 is 50.1. The Balaban J connectivity index is 1.28. The molecule has 2 aliphatic rings. The van der Waals surface area contributed by atoms with Crippen molar-refractivity contribution >= 4 is 17.3 Å². The number of aliphatic hydroxyl groups excluding tert-OH is 2. The zero-order chi connectivity index (χ0) is 28.7. The molecule has 2 aliphatic heterocycles. The highest BCUT2D eigenvalue weighted by Crippen LogP contribution is 2.38. The van der Waals surface area contributed by atoms with Gasteiger partial charge in [0.25, 0.3) is 0 Å². The van der Waals surface area contributed by atoms with E-state index < -0.39 is 48.4 Å². The quantitative estimate of drug-likeness (QED) is 0.290. The van der Waals surface area contributed by atoms with Crippen molar-refractivity contribution in [3.8, 4) is 16.9 Å². The topological polar surface area (TPSA) is 126 Å². The molecular weight excluding hydrogens is 565 g/mol. The molecule has 0 bridgehead atoms. The van der Waals surface area contributed by atoms with Crippen LogP contribution in [-0.2, 0) is 4.74 Å². The normalized spacial score (nSPS) is 23.2. The van der Waals surface area contributed by atoms with Gasteiger partial charge in [0.15, 0.2) is 23.3 Å². The van der Waals surface area contributed by atoms with Crippen molar-refractivity contribution in [2.75, 3.05) is 37.7 Å². The first-order chi connectivity index (χ1) is 19.8. The third kappa shape index (κ3) is 5.28. The fraction of sp³-hybridized carbons (Fsp3) is 0.385. The summed E-state index contributed by atoms with van der Waals surface area (Å²) in [5.41, 5.74) is 1.67. The number of aliphatic hydroxyl groups is 2. The minimum atomic E-state index is -1.58. The van der Waals surface area contributed by atoms with Crippen LogP contribution in [-0.4, -0.2) is 85.0 Å². The Morgan fingerprint density at radius 1 is 1.07 bits per heavy atom. The maximum absolute atomic E-state index is 13.8. The zero-order valence-corrected chi connectivity index (χ0v) is 22.3. The number of ether oxygens (including phenoxy) is 1. The molecule has 15 heteroatoms. The molecular formula is C26H26ClF3N8O3. The molecule has 4 aromatic rings. The van der Waals surface area contributed by atoms with E-state index in [9.17, 15) is 23.4 Å². The van der Waals surface area contributed by atoms with Crippen molar-refractivity contribution in [1.82, 2.24) is 35.1 Å². The predicted octanol–water partition coefficient (Wildman–Crippen LogP) is 2.43. The molecule has 2 aromatic carbocycles. The van der Waals surface area contributed by atoms with E-state index in [4.69, 9.17) is 16.3 Å². The average molecular weight is 591 g/mol. The molecule has 216 valence electrons. The Morgan fingerprint density at radius 2 is 1.83 bits per heavy atom. The van der Waals surface area contributed by atoms with Gasteiger partial charge in [0, 0.05) is 38.2 Å². The lowest BCUT2D eigenvalue weighted by Crippen LogP contribution is -2.45. The second kappa shape index (κ2) is 11.4. The van der Waals surface area contributed by atoms with Gasteiger partial charge >= 0.3 is 0 Å². The summed E-state index contributed by atoms with van der Waals surface area (Å²) in [6, 6.07) is 6.52. The van der Waals surface area contributed by atoms with Gasteiger partial charge in [0.1, 0.15) is 30.3 Å². The van der Waals surface area contributed by atoms with Gasteiger partial charge < -0.3 is 25.2 Å². The standard InChI is InChI=1S/C26H26ClF3N8O3/c27-16-9-15(1-2-20(16)36-5-3-31-4-6-36)37-13-32-34-26(37)22-10-21(25(40)23(12-39)41-22)38-11-19(33-35-38)14-7-17(28)24(30)18(29)8-14/h1-2,7-9,11,13,21-23,25,31,39-40H,3-6,10,12H2. The first-order valence-electron chi connectivity index (χ1n) is 13.0. The van der Waals surface area contributed by atoms with Gasteiger partial charge in [0.2, 0.25) is 0 Å². The van der Waals surface area contributed by atoms with E-state index in [1.807, 2.05) is 18.2 Å². The monoisotopic (exact) mass is 590 g/mol. The summed E-state index contributed by atoms with van der Waals surface area (Å²) >= 11 is 6.67. The van der Waals surface area contributed by atoms with Gasteiger partial charge in [-0.05, 0) is 30.3 Å². The van der Waals surface area contributed by atoms with Crippen molar-refractivity contribution in [2.45, 2.75) is 30.8 Å². The average Bonchev–Trinajstić information content (AvgIpc) is 3.67. The summed E-state index contributed by atoms with van der Waals surface area (Å²) in [5, 5.41) is 41.1. The van der Waals surface area contributed by atoms with Crippen molar-refractivity contribution < 1.29 is 28.1 Å². The van der Waals surface area contributed by atoms with Crippen LogP contribution in [0.2, 0.25) is 5.02 Å². The molecule has 0 radical (unpaired) electrons. The fourth-order valence-electron chi connectivity index (χ4n) is 5.28. The van der Waals surface area contributed by atoms with Gasteiger partial charge in [-0.3, -0.25) is 4.57 Å². The highest BCUT2D eigenvalue weighted by molar-refractivity contribution is 6.33. The molecule has 4 heterocycles. The largest absolute Gasteiger partial charge is 0.394 e. The van der Waals surface area contributed by atoms with Crippen LogP contribution in [0.1, 0.15) is 24.4 Å². The van der Waals surface area contributed by atoms with E-state index in [0.717, 1.165) is 44.0 Å². The van der Waals surface area contributed by atoms with E-state index >= 15 is 0 Å². The molecule has 2 fully saturated rings. The van der Waals surface area contributed by atoms with Crippen LogP contribution in [0.3, 0.4) is 0 Å². The maximum Gasteiger partial charge on any atom is 0.194 e. The van der Waals surface area contributed by atoms with Crippen LogP contribution >= 0.6 is 11.6 Å². The van der Waals surface area contributed by atoms with Gasteiger partial charge in [-0.1, -0.05) is 16.8 Å². The second-order valence-electron chi connectivity index (χ2n) is 9.91. The summed E-state index contributed by atoms with van der Waals surface area (Å²) in [6.07, 6.45) is 0.123. The molecule has 0 amide bonds. The summed E-state index contributed by atoms with van der Waals surface area (Å²) in [5.74, 6) is -3.89. The second-order valence-corrected chi connectivity index (χ2v) is 10.3. The van der Waals surface area contributed by atoms with E-state index in [1.54, 1.807) is 4.57 Å². The molecule has 4 unspecified atom stereocenters. The summed E-state index contributed by atoms with van der Waals surface area (Å²) in [6.45, 7) is 2.93. The number of hydrogen-bond acceptors (Lipinski definition) is 9. The van der Waals surface area contributed by atoms with Crippen molar-refractivity contribution in [3.05, 3.63) is 71.2 Å². The third-order valence-corrected chi connectivity index (χ3v) is 7.71. The molecule has 11 nitrogen and oxygen atoms in total. The number of piperazine rings is 1. The van der Waals surface area contributed by atoms with Crippen LogP contribution in [0, 0.1) is 17.5 Å². The Bertz CT molecular complexity index is 1520. The number of nitrogens with one attached hydrogen (secondary N) is 1. The Morgan fingerprint density at radius 3 is 2.54 bits per heavy atom. The molecule has 0 saturated carbocycles. The molecule has 41 heavy (non-hydrogen) atoms. The summed E-state index contributed by atoms with van der Waals surface area (Å²) in [4.78, 5) is 2.21. The van der Waals surface area contributed by atoms with Crippen LogP contribution in [0.25, 0.3) is 16.9 Å². The predicted molar refractivity (Wildman–Crippen MR) is 141 cm³/mol. The Kier molecular flexibility index (Phi) is 7.66. The van der Waals surface area contributed by atoms with Crippen LogP contribution < -0.4 is 10.2 Å². The van der Waals surface area contributed by atoms with Gasteiger partial charge in [0.05, 0.1) is 35.2 Å². The SMILES string of the molecule is OCC1OC(c2nncn2-c2ccc(N3CCNCC3)c(Cl)c2)CC(n2cc(-c3cc(F)c(F)c(F)c3)nn2)C1O. The smallest absolute Gasteiger partial charge is 0.194 e.